The van der Waals surface area contributed by atoms with Crippen LogP contribution >= 0.6 is 0 Å². The summed E-state index contributed by atoms with van der Waals surface area (Å²) < 4.78 is 5.51. The normalized spacial score (nSPS) is 12.7. The van der Waals surface area contributed by atoms with Gasteiger partial charge >= 0.3 is 5.97 Å². The minimum absolute atomic E-state index is 0.0146. The molecule has 0 radical (unpaired) electrons. The number of ether oxygens (including phenoxy) is 1. The van der Waals surface area contributed by atoms with Crippen LogP contribution in [0, 0.1) is 0 Å². The fourth-order valence-corrected chi connectivity index (χ4v) is 13.9. The topological polar surface area (TPSA) is 95.9 Å². The van der Waals surface area contributed by atoms with E-state index in [4.69, 9.17) is 4.74 Å². The molecule has 6 heteroatoms. The zero-order valence-electron chi connectivity index (χ0n) is 65.1. The van der Waals surface area contributed by atoms with Gasteiger partial charge in [0.25, 0.3) is 0 Å². The average Bonchev–Trinajstić information content (AvgIpc) is 2.88. The molecule has 566 valence electrons. The van der Waals surface area contributed by atoms with E-state index in [1.807, 2.05) is 6.08 Å². The van der Waals surface area contributed by atoms with E-state index < -0.39 is 12.1 Å². The standard InChI is InChI=1S/C90H171NO5/c1-3-5-7-9-11-13-15-17-19-21-23-24-25-41-44-47-50-54-58-62-66-70-74-78-82-88(93)87(86-92)91-89(94)83-79-75-71-67-63-59-55-51-48-45-42-39-37-35-33-31-29-27-26-28-30-32-34-36-38-40-43-46-49-53-57-61-65-69-73-77-81-85-96-90(95)84-80-76-72-68-64-60-56-52-22-20-18-16-14-12-10-8-6-4-2/h14,16,20,22,26,28,78,82,87-88,92-93H,3-13,15,17-19,21,23-25,27,29-77,79-81,83-86H2,1-2H3,(H,91,94)/b16-14-,22-20-,28-26-,82-78+. The molecule has 3 N–H and O–H groups in total. The van der Waals surface area contributed by atoms with Gasteiger partial charge in [-0.1, -0.05) is 435 Å². The van der Waals surface area contributed by atoms with Crippen molar-refractivity contribution in [3.8, 4) is 0 Å². The Hall–Kier alpha value is -2.18. The van der Waals surface area contributed by atoms with Crippen molar-refractivity contribution in [1.29, 1.82) is 0 Å². The van der Waals surface area contributed by atoms with E-state index in [0.29, 0.717) is 19.4 Å². The van der Waals surface area contributed by atoms with Gasteiger partial charge in [0.05, 0.1) is 25.4 Å². The maximum atomic E-state index is 12.6. The molecule has 0 saturated heterocycles. The van der Waals surface area contributed by atoms with Crippen LogP contribution in [0.4, 0.5) is 0 Å². The van der Waals surface area contributed by atoms with Crippen LogP contribution in [0.5, 0.6) is 0 Å². The molecule has 2 unspecified atom stereocenters. The van der Waals surface area contributed by atoms with E-state index in [0.717, 1.165) is 51.4 Å². The maximum Gasteiger partial charge on any atom is 0.305 e. The highest BCUT2D eigenvalue weighted by atomic mass is 16.5. The molecule has 2 atom stereocenters. The van der Waals surface area contributed by atoms with Crippen molar-refractivity contribution in [1.82, 2.24) is 5.32 Å². The second kappa shape index (κ2) is 85.2. The first-order valence-electron chi connectivity index (χ1n) is 43.9. The third-order valence-electron chi connectivity index (χ3n) is 20.6. The van der Waals surface area contributed by atoms with E-state index in [1.165, 1.54) is 411 Å². The minimum Gasteiger partial charge on any atom is -0.466 e. The third kappa shape index (κ3) is 80.8. The van der Waals surface area contributed by atoms with Crippen molar-refractivity contribution >= 4 is 11.9 Å². The molecule has 96 heavy (non-hydrogen) atoms. The minimum atomic E-state index is -0.844. The number of aliphatic hydroxyl groups is 2. The van der Waals surface area contributed by atoms with Gasteiger partial charge in [0.15, 0.2) is 0 Å². The summed E-state index contributed by atoms with van der Waals surface area (Å²) >= 11 is 0. The van der Waals surface area contributed by atoms with Crippen LogP contribution in [-0.4, -0.2) is 47.4 Å². The molecule has 0 aliphatic rings. The highest BCUT2D eigenvalue weighted by Gasteiger charge is 2.18. The summed E-state index contributed by atoms with van der Waals surface area (Å²) in [6, 6.07) is -0.627. The van der Waals surface area contributed by atoms with Gasteiger partial charge in [0.1, 0.15) is 0 Å². The molecule has 0 fully saturated rings. The van der Waals surface area contributed by atoms with E-state index in [-0.39, 0.29) is 18.5 Å². The van der Waals surface area contributed by atoms with Crippen LogP contribution in [0.1, 0.15) is 489 Å². The molecular formula is C90H171NO5. The molecule has 0 heterocycles. The number of rotatable bonds is 83. The van der Waals surface area contributed by atoms with E-state index in [2.05, 4.69) is 55.6 Å². The van der Waals surface area contributed by atoms with Crippen LogP contribution in [0.3, 0.4) is 0 Å². The van der Waals surface area contributed by atoms with Crippen LogP contribution in [-0.2, 0) is 14.3 Å². The number of carbonyl (C=O) groups excluding carboxylic acids is 2. The largest absolute Gasteiger partial charge is 0.466 e. The van der Waals surface area contributed by atoms with Crippen molar-refractivity contribution < 1.29 is 24.5 Å². The highest BCUT2D eigenvalue weighted by molar-refractivity contribution is 5.76. The van der Waals surface area contributed by atoms with Gasteiger partial charge in [-0.15, -0.1) is 0 Å². The number of unbranched alkanes of at least 4 members (excludes halogenated alkanes) is 66. The van der Waals surface area contributed by atoms with Gasteiger partial charge in [-0.25, -0.2) is 0 Å². The number of aliphatic hydroxyl groups excluding tert-OH is 2. The molecule has 0 spiro atoms. The average molecular weight is 1350 g/mol. The van der Waals surface area contributed by atoms with Gasteiger partial charge in [0.2, 0.25) is 5.91 Å². The van der Waals surface area contributed by atoms with E-state index >= 15 is 0 Å². The van der Waals surface area contributed by atoms with Gasteiger partial charge in [-0.05, 0) is 89.9 Å². The Balaban J connectivity index is 3.36. The molecule has 0 aliphatic heterocycles. The summed E-state index contributed by atoms with van der Waals surface area (Å²) in [5.41, 5.74) is 0. The zero-order valence-corrected chi connectivity index (χ0v) is 65.1. The molecule has 0 aromatic rings. The number of hydrogen-bond acceptors (Lipinski definition) is 5. The first-order chi connectivity index (χ1) is 47.5. The number of nitrogens with one attached hydrogen (secondary N) is 1. The van der Waals surface area contributed by atoms with Gasteiger partial charge in [0, 0.05) is 12.8 Å². The predicted octanol–water partition coefficient (Wildman–Crippen LogP) is 29.5. The Bertz CT molecular complexity index is 1600. The first-order valence-corrected chi connectivity index (χ1v) is 43.9. The lowest BCUT2D eigenvalue weighted by Gasteiger charge is -2.20. The molecule has 0 rings (SSSR count). The predicted molar refractivity (Wildman–Crippen MR) is 426 cm³/mol. The number of hydrogen-bond donors (Lipinski definition) is 3. The Morgan fingerprint density at radius 1 is 0.292 bits per heavy atom. The lowest BCUT2D eigenvalue weighted by Crippen LogP contribution is -2.45. The lowest BCUT2D eigenvalue weighted by atomic mass is 10.0. The van der Waals surface area contributed by atoms with Crippen molar-refractivity contribution in [2.75, 3.05) is 13.2 Å². The quantitative estimate of drug-likeness (QED) is 0.0320. The van der Waals surface area contributed by atoms with E-state index in [9.17, 15) is 19.8 Å². The second-order valence-electron chi connectivity index (χ2n) is 30.2. The number of esters is 1. The zero-order chi connectivity index (χ0) is 69.1. The summed E-state index contributed by atoms with van der Waals surface area (Å²) in [5, 5.41) is 23.3. The Morgan fingerprint density at radius 2 is 0.521 bits per heavy atom. The second-order valence-corrected chi connectivity index (χ2v) is 30.2. The molecule has 6 nitrogen and oxygen atoms in total. The highest BCUT2D eigenvalue weighted by Crippen LogP contribution is 2.20. The molecule has 0 aromatic carbocycles. The Labute approximate surface area is 601 Å². The SMILES string of the molecule is CCCCCC/C=C\C/C=C\CCCCCCCCCC(=O)OCCCCCCCCCCCCCCCCCC/C=C\CCCCCCCCCCCCCCCCCCCC(=O)NC(CO)C(O)/C=C/CCCCCCCCCCCCCCCCCCCCCCCC. The monoisotopic (exact) mass is 1350 g/mol. The maximum absolute atomic E-state index is 12.6. The molecule has 0 saturated carbocycles. The summed E-state index contributed by atoms with van der Waals surface area (Å²) in [5.74, 6) is -0.0441. The summed E-state index contributed by atoms with van der Waals surface area (Å²) in [7, 11) is 0. The van der Waals surface area contributed by atoms with Gasteiger partial charge in [-0.2, -0.15) is 0 Å². The van der Waals surface area contributed by atoms with Crippen molar-refractivity contribution in [3.63, 3.8) is 0 Å². The Morgan fingerprint density at radius 3 is 0.812 bits per heavy atom. The van der Waals surface area contributed by atoms with Crippen LogP contribution in [0.25, 0.3) is 0 Å². The van der Waals surface area contributed by atoms with Crippen LogP contribution in [0.2, 0.25) is 0 Å². The molecule has 1 amide bonds. The van der Waals surface area contributed by atoms with Crippen LogP contribution < -0.4 is 5.32 Å². The van der Waals surface area contributed by atoms with Gasteiger partial charge in [-0.3, -0.25) is 9.59 Å². The lowest BCUT2D eigenvalue weighted by molar-refractivity contribution is -0.143. The number of allylic oxidation sites excluding steroid dienone is 7. The fraction of sp³-hybridized carbons (Fsp3) is 0.889. The van der Waals surface area contributed by atoms with Crippen molar-refractivity contribution in [2.45, 2.75) is 501 Å². The third-order valence-corrected chi connectivity index (χ3v) is 20.6. The smallest absolute Gasteiger partial charge is 0.305 e. The Kier molecular flexibility index (Phi) is 83.3. The summed E-state index contributed by atoms with van der Waals surface area (Å²) in [4.78, 5) is 24.7. The van der Waals surface area contributed by atoms with Gasteiger partial charge < -0.3 is 20.3 Å². The number of carbonyl (C=O) groups is 2. The molecule has 0 aromatic heterocycles. The molecular weight excluding hydrogens is 1170 g/mol. The van der Waals surface area contributed by atoms with E-state index in [1.54, 1.807) is 6.08 Å². The van der Waals surface area contributed by atoms with Crippen molar-refractivity contribution in [2.24, 2.45) is 0 Å². The number of amides is 1. The molecule has 0 aliphatic carbocycles. The first kappa shape index (κ1) is 93.8. The summed E-state index contributed by atoms with van der Waals surface area (Å²) in [6.45, 7) is 4.94. The molecule has 0 bridgehead atoms. The van der Waals surface area contributed by atoms with Crippen molar-refractivity contribution in [3.05, 3.63) is 48.6 Å². The summed E-state index contributed by atoms with van der Waals surface area (Å²) in [6.07, 6.45) is 114. The fourth-order valence-electron chi connectivity index (χ4n) is 13.9. The van der Waals surface area contributed by atoms with Crippen LogP contribution in [0.15, 0.2) is 48.6 Å².